The van der Waals surface area contributed by atoms with Gasteiger partial charge in [-0.3, -0.25) is 14.6 Å². The number of methoxy groups -OCH3 is 2. The Bertz CT molecular complexity index is 1090. The summed E-state index contributed by atoms with van der Waals surface area (Å²) in [5.74, 6) is 0.792. The van der Waals surface area contributed by atoms with E-state index in [2.05, 4.69) is 20.5 Å². The van der Waals surface area contributed by atoms with E-state index in [-0.39, 0.29) is 22.5 Å². The number of hydrogen-bond acceptors (Lipinski definition) is 8. The number of nitrogens with two attached hydrogens (primary N) is 1. The minimum atomic E-state index is -0.435. The number of nitrogens with one attached hydrogen (secondary N) is 2. The standard InChI is InChI=1S/C19H19N5O4S/c1-27-11-7-8-15(28-2)14(9-11)21-16(25)10-29-19-22-18(26)17(23-24-19)12-5-3-4-6-13(12)20/h3-9H,10,20H2,1-2H3,(H,21,25)(H,22,24,26). The number of nitrogens with zero attached hydrogens (tertiary/aromatic N) is 2. The second kappa shape index (κ2) is 9.11. The minimum absolute atomic E-state index is 0.0117. The van der Waals surface area contributed by atoms with Crippen LogP contribution in [-0.4, -0.2) is 41.1 Å². The van der Waals surface area contributed by atoms with E-state index in [0.29, 0.717) is 28.4 Å². The predicted molar refractivity (Wildman–Crippen MR) is 111 cm³/mol. The fraction of sp³-hybridized carbons (Fsp3) is 0.158. The van der Waals surface area contributed by atoms with E-state index >= 15 is 0 Å². The van der Waals surface area contributed by atoms with Crippen LogP contribution in [0.4, 0.5) is 11.4 Å². The molecule has 10 heteroatoms. The van der Waals surface area contributed by atoms with E-state index < -0.39 is 5.56 Å². The van der Waals surface area contributed by atoms with Gasteiger partial charge in [0.05, 0.1) is 25.7 Å². The smallest absolute Gasteiger partial charge is 0.278 e. The molecule has 0 fully saturated rings. The number of anilines is 2. The van der Waals surface area contributed by atoms with E-state index in [9.17, 15) is 9.59 Å². The molecular formula is C19H19N5O4S. The average molecular weight is 413 g/mol. The fourth-order valence-corrected chi connectivity index (χ4v) is 3.11. The van der Waals surface area contributed by atoms with Crippen LogP contribution in [0.1, 0.15) is 0 Å². The molecule has 0 aliphatic rings. The largest absolute Gasteiger partial charge is 0.497 e. The van der Waals surface area contributed by atoms with Gasteiger partial charge < -0.3 is 20.5 Å². The number of nitrogen functional groups attached to an aromatic ring is 1. The molecule has 4 N–H and O–H groups in total. The number of carbonyl (C=O) groups is 1. The first kappa shape index (κ1) is 20.2. The summed E-state index contributed by atoms with van der Waals surface area (Å²) in [6, 6.07) is 12.0. The monoisotopic (exact) mass is 413 g/mol. The predicted octanol–water partition coefficient (Wildman–Crippen LogP) is 2.16. The SMILES string of the molecule is COc1ccc(OC)c(NC(=O)CSc2nnc(-c3ccccc3N)c(=O)[nH]2)c1. The van der Waals surface area contributed by atoms with Gasteiger partial charge in [-0.1, -0.05) is 30.0 Å². The molecule has 0 saturated heterocycles. The van der Waals surface area contributed by atoms with Crippen molar-refractivity contribution in [3.05, 3.63) is 52.8 Å². The van der Waals surface area contributed by atoms with E-state index in [0.717, 1.165) is 11.8 Å². The van der Waals surface area contributed by atoms with E-state index in [4.69, 9.17) is 15.2 Å². The Hall–Kier alpha value is -3.53. The summed E-state index contributed by atoms with van der Waals surface area (Å²) in [5, 5.41) is 10.9. The van der Waals surface area contributed by atoms with Crippen molar-refractivity contribution in [2.75, 3.05) is 31.0 Å². The zero-order valence-corrected chi connectivity index (χ0v) is 16.6. The molecule has 0 saturated carbocycles. The van der Waals surface area contributed by atoms with Gasteiger partial charge in [-0.15, -0.1) is 10.2 Å². The van der Waals surface area contributed by atoms with Gasteiger partial charge in [0.15, 0.2) is 10.9 Å². The third-order valence-corrected chi connectivity index (χ3v) is 4.78. The van der Waals surface area contributed by atoms with Gasteiger partial charge in [0.25, 0.3) is 5.56 Å². The molecule has 0 bridgehead atoms. The van der Waals surface area contributed by atoms with Crippen LogP contribution >= 0.6 is 11.8 Å². The number of aromatic nitrogens is 3. The number of carbonyl (C=O) groups excluding carboxylic acids is 1. The van der Waals surface area contributed by atoms with Crippen LogP contribution in [-0.2, 0) is 4.79 Å². The van der Waals surface area contributed by atoms with Gasteiger partial charge >= 0.3 is 0 Å². The highest BCUT2D eigenvalue weighted by Gasteiger charge is 2.13. The molecule has 0 atom stereocenters. The molecule has 150 valence electrons. The summed E-state index contributed by atoms with van der Waals surface area (Å²) in [5.41, 5.74) is 6.98. The number of aromatic amines is 1. The molecule has 9 nitrogen and oxygen atoms in total. The molecule has 0 radical (unpaired) electrons. The lowest BCUT2D eigenvalue weighted by molar-refractivity contribution is -0.113. The molecule has 0 aliphatic heterocycles. The van der Waals surface area contributed by atoms with Crippen molar-refractivity contribution in [3.63, 3.8) is 0 Å². The van der Waals surface area contributed by atoms with Gasteiger partial charge in [-0.05, 0) is 18.2 Å². The minimum Gasteiger partial charge on any atom is -0.497 e. The Labute approximate surface area is 170 Å². The van der Waals surface area contributed by atoms with Crippen molar-refractivity contribution in [2.24, 2.45) is 0 Å². The van der Waals surface area contributed by atoms with Gasteiger partial charge in [0, 0.05) is 17.3 Å². The van der Waals surface area contributed by atoms with Crippen molar-refractivity contribution in [1.29, 1.82) is 0 Å². The van der Waals surface area contributed by atoms with Crippen LogP contribution in [0.2, 0.25) is 0 Å². The molecule has 3 rings (SSSR count). The summed E-state index contributed by atoms with van der Waals surface area (Å²) in [6.45, 7) is 0. The fourth-order valence-electron chi connectivity index (χ4n) is 2.51. The quantitative estimate of drug-likeness (QED) is 0.396. The summed E-state index contributed by atoms with van der Waals surface area (Å²) in [6.07, 6.45) is 0. The Balaban J connectivity index is 1.68. The molecule has 3 aromatic rings. The van der Waals surface area contributed by atoms with Crippen LogP contribution in [0, 0.1) is 0 Å². The molecular weight excluding hydrogens is 394 g/mol. The Kier molecular flexibility index (Phi) is 6.35. The lowest BCUT2D eigenvalue weighted by Gasteiger charge is -2.11. The first-order chi connectivity index (χ1) is 14.0. The van der Waals surface area contributed by atoms with E-state index in [1.54, 1.807) is 42.5 Å². The van der Waals surface area contributed by atoms with Gasteiger partial charge in [0.2, 0.25) is 5.91 Å². The second-order valence-corrected chi connectivity index (χ2v) is 6.76. The number of benzene rings is 2. The maximum atomic E-state index is 12.3. The highest BCUT2D eigenvalue weighted by atomic mass is 32.2. The number of ether oxygens (including phenoxy) is 2. The molecule has 1 aromatic heterocycles. The Morgan fingerprint density at radius 3 is 2.66 bits per heavy atom. The first-order valence-corrected chi connectivity index (χ1v) is 9.47. The van der Waals surface area contributed by atoms with Crippen molar-refractivity contribution in [2.45, 2.75) is 5.16 Å². The maximum absolute atomic E-state index is 12.3. The number of rotatable bonds is 7. The van der Waals surface area contributed by atoms with Gasteiger partial charge in [0.1, 0.15) is 11.5 Å². The maximum Gasteiger partial charge on any atom is 0.278 e. The molecule has 29 heavy (non-hydrogen) atoms. The number of H-pyrrole nitrogens is 1. The number of hydrogen-bond donors (Lipinski definition) is 3. The van der Waals surface area contributed by atoms with Crippen molar-refractivity contribution >= 4 is 29.0 Å². The zero-order chi connectivity index (χ0) is 20.8. The number of para-hydroxylation sites is 1. The third-order valence-electron chi connectivity index (χ3n) is 3.91. The molecule has 0 aliphatic carbocycles. The summed E-state index contributed by atoms with van der Waals surface area (Å²) >= 11 is 1.05. The van der Waals surface area contributed by atoms with Crippen LogP contribution in [0.5, 0.6) is 11.5 Å². The normalized spacial score (nSPS) is 10.4. The van der Waals surface area contributed by atoms with E-state index in [1.165, 1.54) is 14.2 Å². The van der Waals surface area contributed by atoms with Crippen LogP contribution < -0.4 is 26.1 Å². The summed E-state index contributed by atoms with van der Waals surface area (Å²) in [4.78, 5) is 27.2. The van der Waals surface area contributed by atoms with Crippen LogP contribution in [0.15, 0.2) is 52.4 Å². The highest BCUT2D eigenvalue weighted by molar-refractivity contribution is 7.99. The van der Waals surface area contributed by atoms with Crippen molar-refractivity contribution in [3.8, 4) is 22.8 Å². The average Bonchev–Trinajstić information content (AvgIpc) is 2.73. The second-order valence-electron chi connectivity index (χ2n) is 5.80. The van der Waals surface area contributed by atoms with Crippen LogP contribution in [0.25, 0.3) is 11.3 Å². The first-order valence-electron chi connectivity index (χ1n) is 8.48. The molecule has 2 aromatic carbocycles. The molecule has 0 spiro atoms. The Morgan fingerprint density at radius 2 is 1.97 bits per heavy atom. The van der Waals surface area contributed by atoms with E-state index in [1.807, 2.05) is 0 Å². The molecule has 1 amide bonds. The molecule has 1 heterocycles. The number of thioether (sulfide) groups is 1. The highest BCUT2D eigenvalue weighted by Crippen LogP contribution is 2.29. The lowest BCUT2D eigenvalue weighted by atomic mass is 10.1. The topological polar surface area (TPSA) is 132 Å². The van der Waals surface area contributed by atoms with Crippen molar-refractivity contribution < 1.29 is 14.3 Å². The van der Waals surface area contributed by atoms with Gasteiger partial charge in [-0.25, -0.2) is 0 Å². The lowest BCUT2D eigenvalue weighted by Crippen LogP contribution is -2.17. The Morgan fingerprint density at radius 1 is 1.17 bits per heavy atom. The van der Waals surface area contributed by atoms with Crippen LogP contribution in [0.3, 0.4) is 0 Å². The summed E-state index contributed by atoms with van der Waals surface area (Å²) in [7, 11) is 3.04. The number of amides is 1. The zero-order valence-electron chi connectivity index (χ0n) is 15.8. The van der Waals surface area contributed by atoms with Crippen molar-refractivity contribution in [1.82, 2.24) is 15.2 Å². The van der Waals surface area contributed by atoms with Gasteiger partial charge in [-0.2, -0.15) is 0 Å². The summed E-state index contributed by atoms with van der Waals surface area (Å²) < 4.78 is 10.4. The molecule has 0 unspecified atom stereocenters. The third kappa shape index (κ3) is 4.85.